The zero-order chi connectivity index (χ0) is 13.7. The number of imide groups is 1. The number of ether oxygens (including phenoxy) is 2. The molecule has 2 amide bonds. The van der Waals surface area contributed by atoms with Gasteiger partial charge in [-0.2, -0.15) is 0 Å². The first-order valence-corrected chi connectivity index (χ1v) is 6.10. The van der Waals surface area contributed by atoms with Crippen LogP contribution in [0.1, 0.15) is 6.92 Å². The van der Waals surface area contributed by atoms with Crippen LogP contribution in [0.2, 0.25) is 0 Å². The van der Waals surface area contributed by atoms with Crippen molar-refractivity contribution in [2.24, 2.45) is 0 Å². The highest BCUT2D eigenvalue weighted by atomic mass is 16.5. The van der Waals surface area contributed by atoms with Crippen LogP contribution in [-0.4, -0.2) is 36.5 Å². The lowest BCUT2D eigenvalue weighted by Gasteiger charge is -2.14. The Morgan fingerprint density at radius 1 is 0.947 bits per heavy atom. The number of hydrogen-bond acceptors (Lipinski definition) is 4. The van der Waals surface area contributed by atoms with E-state index in [1.807, 2.05) is 19.1 Å². The van der Waals surface area contributed by atoms with Gasteiger partial charge in [0.15, 0.2) is 0 Å². The van der Waals surface area contributed by atoms with Crippen molar-refractivity contribution < 1.29 is 19.1 Å². The third-order valence-electron chi connectivity index (χ3n) is 2.62. The summed E-state index contributed by atoms with van der Waals surface area (Å²) in [6, 6.07) is 7.20. The monoisotopic (exact) mass is 261 g/mol. The Morgan fingerprint density at radius 3 is 2.00 bits per heavy atom. The van der Waals surface area contributed by atoms with Crippen molar-refractivity contribution in [3.8, 4) is 11.5 Å². The molecule has 1 heterocycles. The molecule has 5 nitrogen and oxygen atoms in total. The Labute approximate surface area is 111 Å². The van der Waals surface area contributed by atoms with E-state index in [1.165, 1.54) is 12.2 Å². The molecule has 0 atom stereocenters. The first kappa shape index (κ1) is 13.1. The summed E-state index contributed by atoms with van der Waals surface area (Å²) in [6.07, 6.45) is 2.53. The number of nitrogens with zero attached hydrogens (tertiary/aromatic N) is 1. The van der Waals surface area contributed by atoms with Crippen LogP contribution in [0.25, 0.3) is 0 Å². The van der Waals surface area contributed by atoms with Gasteiger partial charge >= 0.3 is 0 Å². The Kier molecular flexibility index (Phi) is 4.18. The normalized spacial score (nSPS) is 14.1. The van der Waals surface area contributed by atoms with E-state index in [-0.39, 0.29) is 25.0 Å². The Hall–Kier alpha value is -2.30. The molecule has 19 heavy (non-hydrogen) atoms. The fourth-order valence-corrected chi connectivity index (χ4v) is 1.71. The average molecular weight is 261 g/mol. The second-order valence-corrected chi connectivity index (χ2v) is 3.91. The number of hydrogen-bond donors (Lipinski definition) is 0. The van der Waals surface area contributed by atoms with Crippen molar-refractivity contribution in [2.75, 3.05) is 19.8 Å². The Morgan fingerprint density at radius 2 is 1.47 bits per heavy atom. The number of benzene rings is 1. The first-order chi connectivity index (χ1) is 9.20. The minimum atomic E-state index is -0.291. The largest absolute Gasteiger partial charge is 0.494 e. The number of amides is 2. The molecule has 0 radical (unpaired) electrons. The lowest BCUT2D eigenvalue weighted by atomic mass is 10.3. The van der Waals surface area contributed by atoms with Gasteiger partial charge in [0, 0.05) is 12.2 Å². The zero-order valence-corrected chi connectivity index (χ0v) is 10.7. The molecule has 0 bridgehead atoms. The molecule has 0 unspecified atom stereocenters. The minimum Gasteiger partial charge on any atom is -0.494 e. The van der Waals surface area contributed by atoms with E-state index in [2.05, 4.69) is 0 Å². The molecule has 5 heteroatoms. The molecule has 0 N–H and O–H groups in total. The summed E-state index contributed by atoms with van der Waals surface area (Å²) in [6.45, 7) is 3.06. The maximum atomic E-state index is 11.3. The second-order valence-electron chi connectivity index (χ2n) is 3.91. The standard InChI is InChI=1S/C14H15NO4/c1-2-18-11-3-5-12(6-4-11)19-10-9-15-13(16)7-8-14(15)17/h3-8H,2,9-10H2,1H3. The van der Waals surface area contributed by atoms with Crippen LogP contribution >= 0.6 is 0 Å². The van der Waals surface area contributed by atoms with Gasteiger partial charge in [0.05, 0.1) is 13.2 Å². The maximum absolute atomic E-state index is 11.3. The Balaban J connectivity index is 1.79. The molecule has 0 saturated heterocycles. The smallest absolute Gasteiger partial charge is 0.253 e. The molecular weight excluding hydrogens is 246 g/mol. The molecule has 1 aliphatic rings. The molecule has 100 valence electrons. The van der Waals surface area contributed by atoms with Crippen LogP contribution in [0.4, 0.5) is 0 Å². The van der Waals surface area contributed by atoms with Gasteiger partial charge in [-0.25, -0.2) is 0 Å². The average Bonchev–Trinajstić information content (AvgIpc) is 2.73. The predicted octanol–water partition coefficient (Wildman–Crippen LogP) is 1.39. The molecule has 1 aromatic carbocycles. The quantitative estimate of drug-likeness (QED) is 0.726. The van der Waals surface area contributed by atoms with E-state index in [0.717, 1.165) is 10.6 Å². The van der Waals surface area contributed by atoms with Gasteiger partial charge in [0.1, 0.15) is 18.1 Å². The van der Waals surface area contributed by atoms with Gasteiger partial charge in [0.2, 0.25) is 0 Å². The summed E-state index contributed by atoms with van der Waals surface area (Å²) in [7, 11) is 0. The molecule has 0 fully saturated rings. The van der Waals surface area contributed by atoms with Crippen LogP contribution in [0.15, 0.2) is 36.4 Å². The molecule has 1 aliphatic heterocycles. The van der Waals surface area contributed by atoms with E-state index in [1.54, 1.807) is 12.1 Å². The van der Waals surface area contributed by atoms with Crippen LogP contribution < -0.4 is 9.47 Å². The highest BCUT2D eigenvalue weighted by Gasteiger charge is 2.22. The van der Waals surface area contributed by atoms with E-state index < -0.39 is 0 Å². The number of carbonyl (C=O) groups excluding carboxylic acids is 2. The third kappa shape index (κ3) is 3.34. The van der Waals surface area contributed by atoms with Crippen molar-refractivity contribution in [1.82, 2.24) is 4.90 Å². The topological polar surface area (TPSA) is 55.8 Å². The van der Waals surface area contributed by atoms with Crippen molar-refractivity contribution in [2.45, 2.75) is 6.92 Å². The predicted molar refractivity (Wildman–Crippen MR) is 69.0 cm³/mol. The number of carbonyl (C=O) groups is 2. The zero-order valence-electron chi connectivity index (χ0n) is 10.7. The molecular formula is C14H15NO4. The van der Waals surface area contributed by atoms with Crippen molar-refractivity contribution in [1.29, 1.82) is 0 Å². The minimum absolute atomic E-state index is 0.248. The maximum Gasteiger partial charge on any atom is 0.253 e. The van der Waals surface area contributed by atoms with E-state index >= 15 is 0 Å². The summed E-state index contributed by atoms with van der Waals surface area (Å²) >= 11 is 0. The van der Waals surface area contributed by atoms with Gasteiger partial charge in [-0.1, -0.05) is 0 Å². The number of rotatable bonds is 6. The van der Waals surface area contributed by atoms with Crippen LogP contribution in [0.5, 0.6) is 11.5 Å². The van der Waals surface area contributed by atoms with E-state index in [4.69, 9.17) is 9.47 Å². The Bertz CT molecular complexity index is 475. The fourth-order valence-electron chi connectivity index (χ4n) is 1.71. The van der Waals surface area contributed by atoms with Crippen LogP contribution in [-0.2, 0) is 9.59 Å². The summed E-state index contributed by atoms with van der Waals surface area (Å²) in [5, 5.41) is 0. The summed E-state index contributed by atoms with van der Waals surface area (Å²) in [4.78, 5) is 23.7. The SMILES string of the molecule is CCOc1ccc(OCCN2C(=O)C=CC2=O)cc1. The second kappa shape index (κ2) is 6.04. The summed E-state index contributed by atoms with van der Waals surface area (Å²) in [5.74, 6) is 0.875. The van der Waals surface area contributed by atoms with Gasteiger partial charge in [0.25, 0.3) is 11.8 Å². The molecule has 0 aliphatic carbocycles. The van der Waals surface area contributed by atoms with Crippen molar-refractivity contribution >= 4 is 11.8 Å². The van der Waals surface area contributed by atoms with Gasteiger partial charge in [-0.3, -0.25) is 14.5 Å². The van der Waals surface area contributed by atoms with E-state index in [9.17, 15) is 9.59 Å². The lowest BCUT2D eigenvalue weighted by Crippen LogP contribution is -2.33. The van der Waals surface area contributed by atoms with Crippen LogP contribution in [0, 0.1) is 0 Å². The fraction of sp³-hybridized carbons (Fsp3) is 0.286. The first-order valence-electron chi connectivity index (χ1n) is 6.10. The summed E-state index contributed by atoms with van der Waals surface area (Å²) in [5.41, 5.74) is 0. The highest BCUT2D eigenvalue weighted by molar-refractivity contribution is 6.12. The molecule has 0 aromatic heterocycles. The van der Waals surface area contributed by atoms with Gasteiger partial charge in [-0.05, 0) is 31.2 Å². The molecule has 0 saturated carbocycles. The van der Waals surface area contributed by atoms with E-state index in [0.29, 0.717) is 12.4 Å². The summed E-state index contributed by atoms with van der Waals surface area (Å²) < 4.78 is 10.8. The highest BCUT2D eigenvalue weighted by Crippen LogP contribution is 2.17. The van der Waals surface area contributed by atoms with Crippen molar-refractivity contribution in [3.05, 3.63) is 36.4 Å². The molecule has 1 aromatic rings. The van der Waals surface area contributed by atoms with Gasteiger partial charge < -0.3 is 9.47 Å². The molecule has 0 spiro atoms. The molecule has 2 rings (SSSR count). The third-order valence-corrected chi connectivity index (χ3v) is 2.62. The lowest BCUT2D eigenvalue weighted by molar-refractivity contribution is -0.137. The van der Waals surface area contributed by atoms with Gasteiger partial charge in [-0.15, -0.1) is 0 Å². The van der Waals surface area contributed by atoms with Crippen molar-refractivity contribution in [3.63, 3.8) is 0 Å². The van der Waals surface area contributed by atoms with Crippen LogP contribution in [0.3, 0.4) is 0 Å².